The molecule has 47 heavy (non-hydrogen) atoms. The minimum Gasteiger partial charge on any atom is -0.444 e. The lowest BCUT2D eigenvalue weighted by atomic mass is 10.0. The third kappa shape index (κ3) is 13.6. The molecule has 0 unspecified atom stereocenters. The van der Waals surface area contributed by atoms with E-state index < -0.39 is 35.5 Å². The number of hydrogen-bond acceptors (Lipinski definition) is 10. The van der Waals surface area contributed by atoms with Gasteiger partial charge in [0.05, 0.1) is 12.1 Å². The number of hydrogen-bond donors (Lipinski definition) is 5. The molecule has 16 heteroatoms. The van der Waals surface area contributed by atoms with Crippen LogP contribution in [0.15, 0.2) is 0 Å². The smallest absolute Gasteiger partial charge is 0.408 e. The van der Waals surface area contributed by atoms with Gasteiger partial charge in [-0.1, -0.05) is 12.8 Å². The van der Waals surface area contributed by atoms with Gasteiger partial charge in [0.25, 0.3) is 11.8 Å². The minimum absolute atomic E-state index is 0.0327. The van der Waals surface area contributed by atoms with E-state index >= 15 is 0 Å². The van der Waals surface area contributed by atoms with Crippen molar-refractivity contribution in [2.45, 2.75) is 133 Å². The lowest BCUT2D eigenvalue weighted by Crippen LogP contribution is -2.46. The average molecular weight is 683 g/mol. The van der Waals surface area contributed by atoms with Gasteiger partial charge in [0.2, 0.25) is 11.8 Å². The van der Waals surface area contributed by atoms with Crippen LogP contribution in [0.4, 0.5) is 9.59 Å². The zero-order chi connectivity index (χ0) is 34.4. The van der Waals surface area contributed by atoms with Crippen LogP contribution in [-0.4, -0.2) is 94.6 Å². The molecule has 3 aliphatic rings. The summed E-state index contributed by atoms with van der Waals surface area (Å²) in [4.78, 5) is 89.4. The maximum absolute atomic E-state index is 12.7. The molecule has 0 saturated carbocycles. The third-order valence-corrected chi connectivity index (χ3v) is 9.40. The largest absolute Gasteiger partial charge is 0.444 e. The van der Waals surface area contributed by atoms with Crippen molar-refractivity contribution in [1.82, 2.24) is 31.6 Å². The Morgan fingerprint density at radius 3 is 2.13 bits per heavy atom. The van der Waals surface area contributed by atoms with E-state index in [-0.39, 0.29) is 49.2 Å². The molecule has 4 atom stereocenters. The van der Waals surface area contributed by atoms with E-state index in [1.54, 1.807) is 20.8 Å². The van der Waals surface area contributed by atoms with Crippen molar-refractivity contribution < 1.29 is 43.1 Å². The molecule has 3 aliphatic heterocycles. The highest BCUT2D eigenvalue weighted by Crippen LogP contribution is 2.33. The molecule has 3 heterocycles. The molecule has 264 valence electrons. The normalized spacial score (nSPS) is 21.0. The summed E-state index contributed by atoms with van der Waals surface area (Å²) < 4.78 is 5.22. The second-order valence-electron chi connectivity index (χ2n) is 13.1. The lowest BCUT2D eigenvalue weighted by molar-refractivity contribution is -0.199. The summed E-state index contributed by atoms with van der Waals surface area (Å²) >= 11 is 1.88. The number of thioether (sulfide) groups is 1. The number of fused-ring (bicyclic) bond motifs is 1. The Balaban J connectivity index is 1.20. The van der Waals surface area contributed by atoms with E-state index in [0.29, 0.717) is 55.5 Å². The molecular weight excluding hydrogens is 632 g/mol. The highest BCUT2D eigenvalue weighted by atomic mass is 32.2. The quantitative estimate of drug-likeness (QED) is 0.0764. The van der Waals surface area contributed by atoms with Gasteiger partial charge in [-0.2, -0.15) is 11.8 Å². The number of hydroxylamine groups is 2. The van der Waals surface area contributed by atoms with Crippen LogP contribution in [0.3, 0.4) is 0 Å². The minimum atomic E-state index is -1.15. The van der Waals surface area contributed by atoms with E-state index in [1.807, 2.05) is 11.8 Å². The first kappa shape index (κ1) is 37.9. The van der Waals surface area contributed by atoms with E-state index in [0.717, 1.165) is 37.9 Å². The summed E-state index contributed by atoms with van der Waals surface area (Å²) in [6.45, 7) is 5.97. The fourth-order valence-electron chi connectivity index (χ4n) is 5.48. The van der Waals surface area contributed by atoms with Crippen molar-refractivity contribution in [2.75, 3.05) is 18.8 Å². The maximum Gasteiger partial charge on any atom is 0.408 e. The Kier molecular flexibility index (Phi) is 15.1. The maximum atomic E-state index is 12.7. The number of nitrogens with zero attached hydrogens (tertiary/aromatic N) is 1. The van der Waals surface area contributed by atoms with Gasteiger partial charge in [-0.25, -0.2) is 14.4 Å². The Bertz CT molecular complexity index is 1130. The van der Waals surface area contributed by atoms with Gasteiger partial charge in [-0.15, -0.1) is 5.06 Å². The van der Waals surface area contributed by atoms with Gasteiger partial charge in [-0.3, -0.25) is 19.2 Å². The Morgan fingerprint density at radius 2 is 1.49 bits per heavy atom. The van der Waals surface area contributed by atoms with Crippen molar-refractivity contribution in [3.63, 3.8) is 0 Å². The predicted molar refractivity (Wildman–Crippen MR) is 173 cm³/mol. The predicted octanol–water partition coefficient (Wildman–Crippen LogP) is 2.18. The molecule has 3 saturated heterocycles. The molecule has 0 aromatic rings. The summed E-state index contributed by atoms with van der Waals surface area (Å²) in [6.07, 6.45) is 6.03. The Hall–Kier alpha value is -3.56. The number of unbranched alkanes of at least 4 members (excludes halogenated alkanes) is 4. The molecule has 7 amide bonds. The number of carbonyl (C=O) groups excluding carboxylic acids is 7. The molecular formula is C31H50N6O9S. The first-order chi connectivity index (χ1) is 22.3. The highest BCUT2D eigenvalue weighted by Gasteiger charge is 2.42. The number of ether oxygens (including phenoxy) is 1. The molecule has 0 aromatic carbocycles. The molecule has 3 rings (SSSR count). The number of nitrogens with one attached hydrogen (secondary N) is 5. The van der Waals surface area contributed by atoms with Crippen molar-refractivity contribution >= 4 is 53.5 Å². The van der Waals surface area contributed by atoms with Crippen LogP contribution >= 0.6 is 11.8 Å². The van der Waals surface area contributed by atoms with Gasteiger partial charge in [0.15, 0.2) is 0 Å². The van der Waals surface area contributed by atoms with Gasteiger partial charge in [0.1, 0.15) is 11.6 Å². The van der Waals surface area contributed by atoms with Crippen LogP contribution in [0.5, 0.6) is 0 Å². The SMILES string of the molecule is CC(C)(C)OC(=O)N[C@@H](CCCCNC(=O)CCCCCNC(=O)CCCC[C@@H]1SC[C@@H]2NC(=O)N[C@@H]21)C(=O)ON1C(=O)CCC1=O. The number of alkyl carbamates (subject to hydrolysis) is 1. The summed E-state index contributed by atoms with van der Waals surface area (Å²) in [5, 5.41) is 15.0. The van der Waals surface area contributed by atoms with Crippen LogP contribution in [0.1, 0.15) is 104 Å². The Morgan fingerprint density at radius 1 is 0.872 bits per heavy atom. The monoisotopic (exact) mass is 682 g/mol. The van der Waals surface area contributed by atoms with Crippen molar-refractivity contribution in [3.05, 3.63) is 0 Å². The molecule has 0 bridgehead atoms. The number of rotatable bonds is 19. The van der Waals surface area contributed by atoms with Gasteiger partial charge in [0, 0.05) is 49.8 Å². The zero-order valence-electron chi connectivity index (χ0n) is 27.7. The first-order valence-corrected chi connectivity index (χ1v) is 17.7. The third-order valence-electron chi connectivity index (χ3n) is 7.89. The van der Waals surface area contributed by atoms with Crippen LogP contribution in [-0.2, 0) is 33.5 Å². The molecule has 0 aromatic heterocycles. The topological polar surface area (TPSA) is 201 Å². The van der Waals surface area contributed by atoms with Crippen molar-refractivity contribution in [3.8, 4) is 0 Å². The van der Waals surface area contributed by atoms with Gasteiger partial charge < -0.3 is 36.2 Å². The summed E-state index contributed by atoms with van der Waals surface area (Å²) in [5.41, 5.74) is -0.799. The molecule has 0 spiro atoms. The molecule has 5 N–H and O–H groups in total. The number of amides is 7. The lowest BCUT2D eigenvalue weighted by Gasteiger charge is -2.23. The van der Waals surface area contributed by atoms with Crippen molar-refractivity contribution in [1.29, 1.82) is 0 Å². The van der Waals surface area contributed by atoms with Gasteiger partial charge in [-0.05, 0) is 65.7 Å². The number of imide groups is 1. The second kappa shape index (κ2) is 18.7. The van der Waals surface area contributed by atoms with E-state index in [4.69, 9.17) is 9.57 Å². The van der Waals surface area contributed by atoms with Gasteiger partial charge >= 0.3 is 18.1 Å². The van der Waals surface area contributed by atoms with Crippen molar-refractivity contribution in [2.24, 2.45) is 0 Å². The second-order valence-corrected chi connectivity index (χ2v) is 14.3. The molecule has 0 aliphatic carbocycles. The van der Waals surface area contributed by atoms with Crippen LogP contribution in [0, 0.1) is 0 Å². The van der Waals surface area contributed by atoms with Crippen LogP contribution in [0.25, 0.3) is 0 Å². The molecule has 0 radical (unpaired) electrons. The van der Waals surface area contributed by atoms with Crippen LogP contribution in [0.2, 0.25) is 0 Å². The van der Waals surface area contributed by atoms with E-state index in [2.05, 4.69) is 26.6 Å². The van der Waals surface area contributed by atoms with E-state index in [9.17, 15) is 33.6 Å². The molecule has 3 fully saturated rings. The summed E-state index contributed by atoms with van der Waals surface area (Å²) in [5.74, 6) is -1.32. The van der Waals surface area contributed by atoms with E-state index in [1.165, 1.54) is 0 Å². The zero-order valence-corrected chi connectivity index (χ0v) is 28.5. The Labute approximate surface area is 280 Å². The first-order valence-electron chi connectivity index (χ1n) is 16.6. The fourth-order valence-corrected chi connectivity index (χ4v) is 7.02. The number of carbonyl (C=O) groups is 7. The highest BCUT2D eigenvalue weighted by molar-refractivity contribution is 8.00. The molecule has 15 nitrogen and oxygen atoms in total. The summed E-state index contributed by atoms with van der Waals surface area (Å²) in [6, 6.07) is -0.825. The fraction of sp³-hybridized carbons (Fsp3) is 0.774. The summed E-state index contributed by atoms with van der Waals surface area (Å²) in [7, 11) is 0. The average Bonchev–Trinajstić information content (AvgIpc) is 3.65. The number of urea groups is 1. The standard InChI is InChI=1S/C31H50N6O9S/c1-31(2,3)45-30(44)35-20(28(42)46-37-25(40)15-16-26(37)41)11-8-10-18-33-23(38)13-5-4-9-17-32-24(39)14-7-6-12-22-27-21(19-47-22)34-29(43)36-27/h20-22,27H,4-19H2,1-3H3,(H,32,39)(H,33,38)(H,35,44)(H2,34,36,43)/t20-,21-,22-,27-/m0/s1. The van der Waals surface area contributed by atoms with Crippen LogP contribution < -0.4 is 26.6 Å².